The van der Waals surface area contributed by atoms with Crippen molar-refractivity contribution >= 4 is 21.4 Å². The van der Waals surface area contributed by atoms with E-state index in [0.29, 0.717) is 5.56 Å². The molecule has 1 aliphatic rings. The Morgan fingerprint density at radius 2 is 1.43 bits per heavy atom. The Kier molecular flexibility index (Phi) is 4.34. The zero-order valence-corrected chi connectivity index (χ0v) is 13.3. The Bertz CT molecular complexity index is 776. The molecular weight excluding hydrogens is 312 g/mol. The maximum absolute atomic E-state index is 12.3. The lowest BCUT2D eigenvalue weighted by Crippen LogP contribution is -2.46. The van der Waals surface area contributed by atoms with Crippen LogP contribution in [0.5, 0.6) is 0 Å². The molecule has 5 nitrogen and oxygen atoms in total. The maximum Gasteiger partial charge on any atom is 0.251 e. The highest BCUT2D eigenvalue weighted by atomic mass is 32.2. The smallest absolute Gasteiger partial charge is 0.251 e. The molecule has 3 rings (SSSR count). The molecule has 1 amide bonds. The van der Waals surface area contributed by atoms with Gasteiger partial charge in [-0.15, -0.1) is 0 Å². The van der Waals surface area contributed by atoms with Crippen LogP contribution in [0.25, 0.3) is 0 Å². The summed E-state index contributed by atoms with van der Waals surface area (Å²) in [5.41, 5.74) is 1.36. The second-order valence-electron chi connectivity index (χ2n) is 5.64. The second-order valence-corrected chi connectivity index (χ2v) is 7.79. The SMILES string of the molecule is O=C(N[C@H]1CS(=O)(=O)C[C@H]1Nc1ccccc1)c1ccccc1. The van der Waals surface area contributed by atoms with Crippen LogP contribution in [-0.4, -0.2) is 37.9 Å². The van der Waals surface area contributed by atoms with E-state index in [1.165, 1.54) is 0 Å². The highest BCUT2D eigenvalue weighted by Gasteiger charge is 2.38. The molecular formula is C17H18N2O3S. The van der Waals surface area contributed by atoms with E-state index in [4.69, 9.17) is 0 Å². The molecule has 2 aromatic carbocycles. The highest BCUT2D eigenvalue weighted by molar-refractivity contribution is 7.91. The van der Waals surface area contributed by atoms with Gasteiger partial charge in [0.15, 0.2) is 9.84 Å². The molecule has 2 atom stereocenters. The fraction of sp³-hybridized carbons (Fsp3) is 0.235. The lowest BCUT2D eigenvalue weighted by Gasteiger charge is -2.21. The van der Waals surface area contributed by atoms with Gasteiger partial charge in [-0.1, -0.05) is 36.4 Å². The predicted octanol–water partition coefficient (Wildman–Crippen LogP) is 1.69. The zero-order chi connectivity index (χ0) is 16.3. The predicted molar refractivity (Wildman–Crippen MR) is 90.2 cm³/mol. The van der Waals surface area contributed by atoms with Gasteiger partial charge in [0.1, 0.15) is 0 Å². The van der Waals surface area contributed by atoms with Crippen molar-refractivity contribution in [2.24, 2.45) is 0 Å². The Hall–Kier alpha value is -2.34. The largest absolute Gasteiger partial charge is 0.379 e. The zero-order valence-electron chi connectivity index (χ0n) is 12.5. The molecule has 0 radical (unpaired) electrons. The van der Waals surface area contributed by atoms with Gasteiger partial charge in [0.2, 0.25) is 0 Å². The van der Waals surface area contributed by atoms with Gasteiger partial charge >= 0.3 is 0 Å². The van der Waals surface area contributed by atoms with Crippen LogP contribution in [0.1, 0.15) is 10.4 Å². The number of rotatable bonds is 4. The molecule has 120 valence electrons. The number of anilines is 1. The molecule has 0 saturated carbocycles. The topological polar surface area (TPSA) is 75.3 Å². The summed E-state index contributed by atoms with van der Waals surface area (Å²) in [6.45, 7) is 0. The van der Waals surface area contributed by atoms with E-state index in [2.05, 4.69) is 10.6 Å². The van der Waals surface area contributed by atoms with Crippen molar-refractivity contribution in [2.75, 3.05) is 16.8 Å². The van der Waals surface area contributed by atoms with Crippen molar-refractivity contribution in [3.05, 3.63) is 66.2 Å². The third-order valence-electron chi connectivity index (χ3n) is 3.83. The Morgan fingerprint density at radius 3 is 2.09 bits per heavy atom. The minimum Gasteiger partial charge on any atom is -0.379 e. The van der Waals surface area contributed by atoms with Gasteiger partial charge in [-0.05, 0) is 24.3 Å². The number of nitrogens with one attached hydrogen (secondary N) is 2. The van der Waals surface area contributed by atoms with Crippen molar-refractivity contribution < 1.29 is 13.2 Å². The molecule has 0 aromatic heterocycles. The van der Waals surface area contributed by atoms with Gasteiger partial charge in [-0.2, -0.15) is 0 Å². The van der Waals surface area contributed by atoms with Crippen LogP contribution >= 0.6 is 0 Å². The number of amides is 1. The van der Waals surface area contributed by atoms with E-state index in [0.717, 1.165) is 5.69 Å². The summed E-state index contributed by atoms with van der Waals surface area (Å²) >= 11 is 0. The van der Waals surface area contributed by atoms with Gasteiger partial charge in [-0.25, -0.2) is 8.42 Å². The van der Waals surface area contributed by atoms with Crippen molar-refractivity contribution in [2.45, 2.75) is 12.1 Å². The summed E-state index contributed by atoms with van der Waals surface area (Å²) in [4.78, 5) is 12.3. The lowest BCUT2D eigenvalue weighted by molar-refractivity contribution is 0.0939. The van der Waals surface area contributed by atoms with E-state index in [9.17, 15) is 13.2 Å². The van der Waals surface area contributed by atoms with Crippen molar-refractivity contribution in [1.82, 2.24) is 5.32 Å². The van der Waals surface area contributed by atoms with Crippen LogP contribution in [0.15, 0.2) is 60.7 Å². The third kappa shape index (κ3) is 3.90. The molecule has 6 heteroatoms. The Labute approximate surface area is 135 Å². The van der Waals surface area contributed by atoms with Crippen molar-refractivity contribution in [1.29, 1.82) is 0 Å². The standard InChI is InChI=1S/C17H18N2O3S/c20-17(13-7-3-1-4-8-13)19-16-12-23(21,22)11-15(16)18-14-9-5-2-6-10-14/h1-10,15-16,18H,11-12H2,(H,19,20)/t15-,16+/m1/s1. The van der Waals surface area contributed by atoms with Crippen LogP contribution in [0.2, 0.25) is 0 Å². The first kappa shape index (κ1) is 15.6. The molecule has 2 N–H and O–H groups in total. The van der Waals surface area contributed by atoms with Crippen LogP contribution < -0.4 is 10.6 Å². The summed E-state index contributed by atoms with van der Waals surface area (Å²) in [6.07, 6.45) is 0. The van der Waals surface area contributed by atoms with E-state index in [-0.39, 0.29) is 23.5 Å². The average Bonchev–Trinajstić information content (AvgIpc) is 2.82. The summed E-state index contributed by atoms with van der Waals surface area (Å²) in [5.74, 6) is -0.287. The quantitative estimate of drug-likeness (QED) is 0.895. The highest BCUT2D eigenvalue weighted by Crippen LogP contribution is 2.18. The van der Waals surface area contributed by atoms with E-state index in [1.807, 2.05) is 36.4 Å². The summed E-state index contributed by atoms with van der Waals surface area (Å²) in [7, 11) is -3.17. The number of hydrogen-bond donors (Lipinski definition) is 2. The van der Waals surface area contributed by atoms with Crippen LogP contribution in [-0.2, 0) is 9.84 Å². The Morgan fingerprint density at radius 1 is 0.870 bits per heavy atom. The van der Waals surface area contributed by atoms with Crippen LogP contribution in [0.3, 0.4) is 0 Å². The maximum atomic E-state index is 12.3. The van der Waals surface area contributed by atoms with E-state index < -0.39 is 15.9 Å². The average molecular weight is 330 g/mol. The minimum atomic E-state index is -3.17. The van der Waals surface area contributed by atoms with Gasteiger partial charge in [0.25, 0.3) is 5.91 Å². The summed E-state index contributed by atoms with van der Waals surface area (Å²) in [6, 6.07) is 17.4. The summed E-state index contributed by atoms with van der Waals surface area (Å²) < 4.78 is 23.9. The minimum absolute atomic E-state index is 0.0155. The van der Waals surface area contributed by atoms with Crippen LogP contribution in [0.4, 0.5) is 5.69 Å². The Balaban J connectivity index is 1.74. The molecule has 0 bridgehead atoms. The molecule has 1 heterocycles. The van der Waals surface area contributed by atoms with Gasteiger partial charge < -0.3 is 10.6 Å². The molecule has 1 saturated heterocycles. The number of para-hydroxylation sites is 1. The molecule has 23 heavy (non-hydrogen) atoms. The van der Waals surface area contributed by atoms with Crippen molar-refractivity contribution in [3.63, 3.8) is 0 Å². The molecule has 1 aliphatic heterocycles. The molecule has 1 fully saturated rings. The third-order valence-corrected chi connectivity index (χ3v) is 5.56. The van der Waals surface area contributed by atoms with Crippen LogP contribution in [0, 0.1) is 0 Å². The normalized spacial score (nSPS) is 22.4. The first-order valence-corrected chi connectivity index (χ1v) is 9.23. The fourth-order valence-corrected chi connectivity index (χ4v) is 4.58. The molecule has 2 aromatic rings. The number of sulfone groups is 1. The number of benzene rings is 2. The van der Waals surface area contributed by atoms with Gasteiger partial charge in [-0.3, -0.25) is 4.79 Å². The lowest BCUT2D eigenvalue weighted by atomic mass is 10.1. The number of carbonyl (C=O) groups is 1. The molecule has 0 aliphatic carbocycles. The second kappa shape index (κ2) is 6.42. The van der Waals surface area contributed by atoms with E-state index in [1.54, 1.807) is 24.3 Å². The number of hydrogen-bond acceptors (Lipinski definition) is 4. The fourth-order valence-electron chi connectivity index (χ4n) is 2.72. The molecule has 0 unspecified atom stereocenters. The van der Waals surface area contributed by atoms with Crippen molar-refractivity contribution in [3.8, 4) is 0 Å². The first-order chi connectivity index (χ1) is 11.0. The monoisotopic (exact) mass is 330 g/mol. The van der Waals surface area contributed by atoms with Gasteiger partial charge in [0.05, 0.1) is 23.6 Å². The molecule has 0 spiro atoms. The first-order valence-electron chi connectivity index (χ1n) is 7.41. The number of carbonyl (C=O) groups excluding carboxylic acids is 1. The van der Waals surface area contributed by atoms with Gasteiger partial charge in [0, 0.05) is 11.3 Å². The van der Waals surface area contributed by atoms with E-state index >= 15 is 0 Å². The summed E-state index contributed by atoms with van der Waals surface area (Å²) in [5, 5.41) is 6.05.